The van der Waals surface area contributed by atoms with E-state index in [0.717, 1.165) is 31.5 Å². The molecule has 142 valence electrons. The first-order valence-electron chi connectivity index (χ1n) is 9.00. The number of hydrogen-bond donors (Lipinski definition) is 1. The van der Waals surface area contributed by atoms with Gasteiger partial charge in [-0.1, -0.05) is 30.3 Å². The van der Waals surface area contributed by atoms with Crippen LogP contribution in [-0.2, 0) is 0 Å². The highest BCUT2D eigenvalue weighted by molar-refractivity contribution is 5.97. The van der Waals surface area contributed by atoms with Crippen LogP contribution in [0.25, 0.3) is 0 Å². The number of non-ortho nitro benzene ring substituents is 1. The third-order valence-electron chi connectivity index (χ3n) is 4.86. The molecular weight excluding hydrogens is 346 g/mol. The van der Waals surface area contributed by atoms with Crippen LogP contribution in [0.5, 0.6) is 5.75 Å². The second kappa shape index (κ2) is 8.64. The Bertz CT molecular complexity index is 804. The minimum absolute atomic E-state index is 0.0716. The minimum Gasteiger partial charge on any atom is -0.496 e. The predicted molar refractivity (Wildman–Crippen MR) is 102 cm³/mol. The maximum atomic E-state index is 12.7. The molecule has 1 fully saturated rings. The summed E-state index contributed by atoms with van der Waals surface area (Å²) in [7, 11) is 1.44. The number of nitro groups is 1. The number of nitro benzene ring substituents is 1. The summed E-state index contributed by atoms with van der Waals surface area (Å²) in [5, 5.41) is 14.0. The maximum absolute atomic E-state index is 12.7. The second-order valence-electron chi connectivity index (χ2n) is 6.52. The number of hydrogen-bond acceptors (Lipinski definition) is 5. The summed E-state index contributed by atoms with van der Waals surface area (Å²) in [5.41, 5.74) is 1.17. The van der Waals surface area contributed by atoms with Gasteiger partial charge in [0, 0.05) is 18.7 Å². The van der Waals surface area contributed by atoms with E-state index in [-0.39, 0.29) is 23.2 Å². The Morgan fingerprint density at radius 2 is 1.93 bits per heavy atom. The molecule has 1 amide bonds. The molecule has 7 nitrogen and oxygen atoms in total. The molecule has 27 heavy (non-hydrogen) atoms. The molecule has 0 spiro atoms. The molecule has 0 saturated carbocycles. The van der Waals surface area contributed by atoms with Crippen molar-refractivity contribution < 1.29 is 14.5 Å². The minimum atomic E-state index is -0.521. The van der Waals surface area contributed by atoms with Crippen molar-refractivity contribution in [3.05, 3.63) is 69.8 Å². The quantitative estimate of drug-likeness (QED) is 0.598. The molecule has 1 atom stereocenters. The molecule has 0 aliphatic carbocycles. The van der Waals surface area contributed by atoms with Gasteiger partial charge in [0.2, 0.25) is 0 Å². The van der Waals surface area contributed by atoms with Crippen LogP contribution < -0.4 is 10.1 Å². The van der Waals surface area contributed by atoms with Gasteiger partial charge in [-0.2, -0.15) is 0 Å². The number of ether oxygens (including phenoxy) is 1. The molecule has 1 heterocycles. The van der Waals surface area contributed by atoms with E-state index in [4.69, 9.17) is 4.74 Å². The van der Waals surface area contributed by atoms with Crippen molar-refractivity contribution in [2.75, 3.05) is 26.7 Å². The lowest BCUT2D eigenvalue weighted by molar-refractivity contribution is -0.384. The Hall–Kier alpha value is -2.93. The summed E-state index contributed by atoms with van der Waals surface area (Å²) in [4.78, 5) is 25.6. The molecule has 1 aliphatic heterocycles. The van der Waals surface area contributed by atoms with Gasteiger partial charge in [0.05, 0.1) is 23.6 Å². The van der Waals surface area contributed by atoms with Crippen LogP contribution in [0, 0.1) is 10.1 Å². The Morgan fingerprint density at radius 1 is 1.22 bits per heavy atom. The van der Waals surface area contributed by atoms with Crippen LogP contribution in [0.4, 0.5) is 5.69 Å². The summed E-state index contributed by atoms with van der Waals surface area (Å²) in [5.74, 6) is -0.0637. The smallest absolute Gasteiger partial charge is 0.270 e. The Labute approximate surface area is 158 Å². The molecule has 1 unspecified atom stereocenters. The first kappa shape index (κ1) is 18.8. The lowest BCUT2D eigenvalue weighted by Crippen LogP contribution is -2.36. The van der Waals surface area contributed by atoms with Crippen molar-refractivity contribution in [1.82, 2.24) is 10.2 Å². The van der Waals surface area contributed by atoms with Crippen molar-refractivity contribution in [2.24, 2.45) is 0 Å². The highest BCUT2D eigenvalue weighted by Gasteiger charge is 2.25. The molecule has 1 saturated heterocycles. The van der Waals surface area contributed by atoms with E-state index in [2.05, 4.69) is 22.3 Å². The highest BCUT2D eigenvalue weighted by atomic mass is 16.6. The third kappa shape index (κ3) is 4.43. The number of methoxy groups -OCH3 is 1. The van der Waals surface area contributed by atoms with Gasteiger partial charge in [-0.05, 0) is 37.6 Å². The van der Waals surface area contributed by atoms with Gasteiger partial charge < -0.3 is 10.1 Å². The molecule has 2 aromatic carbocycles. The standard InChI is InChI=1S/C20H23N3O4/c1-27-19-10-9-16(23(25)26)13-17(19)20(24)21-14-18(22-11-5-6-12-22)15-7-3-2-4-8-15/h2-4,7-10,13,18H,5-6,11-12,14H2,1H3,(H,21,24). The molecule has 0 radical (unpaired) electrons. The summed E-state index contributed by atoms with van der Waals surface area (Å²) >= 11 is 0. The second-order valence-corrected chi connectivity index (χ2v) is 6.52. The van der Waals surface area contributed by atoms with Gasteiger partial charge in [0.15, 0.2) is 0 Å². The van der Waals surface area contributed by atoms with E-state index in [1.54, 1.807) is 0 Å². The Morgan fingerprint density at radius 3 is 2.56 bits per heavy atom. The van der Waals surface area contributed by atoms with Gasteiger partial charge in [0.1, 0.15) is 5.75 Å². The van der Waals surface area contributed by atoms with Crippen molar-refractivity contribution in [3.63, 3.8) is 0 Å². The molecule has 7 heteroatoms. The van der Waals surface area contributed by atoms with E-state index in [9.17, 15) is 14.9 Å². The van der Waals surface area contributed by atoms with E-state index in [0.29, 0.717) is 12.3 Å². The topological polar surface area (TPSA) is 84.7 Å². The molecule has 0 aromatic heterocycles. The summed E-state index contributed by atoms with van der Waals surface area (Å²) in [6.45, 7) is 2.42. The van der Waals surface area contributed by atoms with Crippen LogP contribution in [0.15, 0.2) is 48.5 Å². The lowest BCUT2D eigenvalue weighted by Gasteiger charge is -2.28. The van der Waals surface area contributed by atoms with Crippen LogP contribution in [-0.4, -0.2) is 42.5 Å². The van der Waals surface area contributed by atoms with E-state index >= 15 is 0 Å². The van der Waals surface area contributed by atoms with Gasteiger partial charge in [0.25, 0.3) is 11.6 Å². The predicted octanol–water partition coefficient (Wildman–Crippen LogP) is 3.17. The normalized spacial score (nSPS) is 15.3. The fourth-order valence-corrected chi connectivity index (χ4v) is 3.46. The van der Waals surface area contributed by atoms with E-state index in [1.165, 1.54) is 25.3 Å². The number of carbonyl (C=O) groups excluding carboxylic acids is 1. The number of carbonyl (C=O) groups is 1. The number of benzene rings is 2. The van der Waals surface area contributed by atoms with Gasteiger partial charge in [-0.3, -0.25) is 19.8 Å². The summed E-state index contributed by atoms with van der Waals surface area (Å²) < 4.78 is 5.20. The zero-order chi connectivity index (χ0) is 19.2. The summed E-state index contributed by atoms with van der Waals surface area (Å²) in [6.07, 6.45) is 2.30. The number of rotatable bonds is 7. The van der Waals surface area contributed by atoms with Crippen molar-refractivity contribution in [1.29, 1.82) is 0 Å². The van der Waals surface area contributed by atoms with Gasteiger partial charge in [-0.15, -0.1) is 0 Å². The van der Waals surface area contributed by atoms with Crippen LogP contribution >= 0.6 is 0 Å². The maximum Gasteiger partial charge on any atom is 0.270 e. The Balaban J connectivity index is 1.78. The molecule has 0 bridgehead atoms. The first-order chi connectivity index (χ1) is 13.1. The fourth-order valence-electron chi connectivity index (χ4n) is 3.46. The van der Waals surface area contributed by atoms with E-state index < -0.39 is 4.92 Å². The average Bonchev–Trinajstić information content (AvgIpc) is 3.22. The average molecular weight is 369 g/mol. The number of nitrogens with zero attached hydrogens (tertiary/aromatic N) is 2. The number of likely N-dealkylation sites (tertiary alicyclic amines) is 1. The SMILES string of the molecule is COc1ccc([N+](=O)[O-])cc1C(=O)NCC(c1ccccc1)N1CCCC1. The summed E-state index contributed by atoms with van der Waals surface area (Å²) in [6, 6.07) is 14.2. The number of amides is 1. The van der Waals surface area contributed by atoms with Gasteiger partial charge in [-0.25, -0.2) is 0 Å². The molecule has 3 rings (SSSR count). The largest absolute Gasteiger partial charge is 0.496 e. The monoisotopic (exact) mass is 369 g/mol. The van der Waals surface area contributed by atoms with Crippen molar-refractivity contribution in [2.45, 2.75) is 18.9 Å². The molecular formula is C20H23N3O4. The first-order valence-corrected chi connectivity index (χ1v) is 9.00. The van der Waals surface area contributed by atoms with E-state index in [1.807, 2.05) is 18.2 Å². The highest BCUT2D eigenvalue weighted by Crippen LogP contribution is 2.26. The molecule has 1 N–H and O–H groups in total. The zero-order valence-corrected chi connectivity index (χ0v) is 15.3. The van der Waals surface area contributed by atoms with Crippen molar-refractivity contribution >= 4 is 11.6 Å². The van der Waals surface area contributed by atoms with Crippen LogP contribution in [0.3, 0.4) is 0 Å². The van der Waals surface area contributed by atoms with Crippen LogP contribution in [0.2, 0.25) is 0 Å². The van der Waals surface area contributed by atoms with Gasteiger partial charge >= 0.3 is 0 Å². The third-order valence-corrected chi connectivity index (χ3v) is 4.86. The Kier molecular flexibility index (Phi) is 6.03. The van der Waals surface area contributed by atoms with Crippen molar-refractivity contribution in [3.8, 4) is 5.75 Å². The molecule has 1 aliphatic rings. The lowest BCUT2D eigenvalue weighted by atomic mass is 10.1. The fraction of sp³-hybridized carbons (Fsp3) is 0.350. The van der Waals surface area contributed by atoms with Crippen LogP contribution in [0.1, 0.15) is 34.8 Å². The zero-order valence-electron chi connectivity index (χ0n) is 15.3. The molecule has 2 aromatic rings. The number of nitrogens with one attached hydrogen (secondary N) is 1.